The molecule has 1 fully saturated rings. The Labute approximate surface area is 90.5 Å². The highest BCUT2D eigenvalue weighted by Crippen LogP contribution is 2.25. The van der Waals surface area contributed by atoms with Crippen molar-refractivity contribution in [3.63, 3.8) is 0 Å². The van der Waals surface area contributed by atoms with Crippen molar-refractivity contribution in [1.29, 1.82) is 0 Å². The van der Waals surface area contributed by atoms with Crippen LogP contribution in [0.1, 0.15) is 36.6 Å². The highest BCUT2D eigenvalue weighted by Gasteiger charge is 2.16. The standard InChI is InChI=1S/C12H19NS/c1-2-11-6-7-14-12(11)9-13-8-10-4-3-5-10/h6-7,10,13H,2-5,8-9H2,1H3. The maximum absolute atomic E-state index is 3.57. The van der Waals surface area contributed by atoms with Gasteiger partial charge in [0.25, 0.3) is 0 Å². The van der Waals surface area contributed by atoms with Gasteiger partial charge in [0.1, 0.15) is 0 Å². The van der Waals surface area contributed by atoms with E-state index >= 15 is 0 Å². The first-order valence-corrected chi connectivity index (χ1v) is 6.54. The normalized spacial score (nSPS) is 16.9. The molecule has 1 heterocycles. The lowest BCUT2D eigenvalue weighted by Crippen LogP contribution is -2.26. The zero-order valence-corrected chi connectivity index (χ0v) is 9.70. The van der Waals surface area contributed by atoms with Gasteiger partial charge in [-0.25, -0.2) is 0 Å². The van der Waals surface area contributed by atoms with E-state index in [1.807, 2.05) is 11.3 Å². The molecule has 1 saturated carbocycles. The van der Waals surface area contributed by atoms with Crippen LogP contribution < -0.4 is 5.32 Å². The predicted octanol–water partition coefficient (Wildman–Crippen LogP) is 3.20. The third-order valence-corrected chi connectivity index (χ3v) is 4.13. The summed E-state index contributed by atoms with van der Waals surface area (Å²) in [6, 6.07) is 2.25. The van der Waals surface area contributed by atoms with Gasteiger partial charge in [-0.15, -0.1) is 11.3 Å². The lowest BCUT2D eigenvalue weighted by atomic mass is 9.85. The van der Waals surface area contributed by atoms with E-state index < -0.39 is 0 Å². The van der Waals surface area contributed by atoms with Gasteiger partial charge in [0.2, 0.25) is 0 Å². The molecule has 1 aliphatic rings. The first-order valence-electron chi connectivity index (χ1n) is 5.66. The summed E-state index contributed by atoms with van der Waals surface area (Å²) in [4.78, 5) is 1.53. The average molecular weight is 209 g/mol. The first-order chi connectivity index (χ1) is 6.90. The summed E-state index contributed by atoms with van der Waals surface area (Å²) in [6.07, 6.45) is 5.51. The van der Waals surface area contributed by atoms with Crippen molar-refractivity contribution >= 4 is 11.3 Å². The Morgan fingerprint density at radius 1 is 1.50 bits per heavy atom. The van der Waals surface area contributed by atoms with E-state index in [4.69, 9.17) is 0 Å². The van der Waals surface area contributed by atoms with Crippen molar-refractivity contribution < 1.29 is 0 Å². The molecular weight excluding hydrogens is 190 g/mol. The minimum Gasteiger partial charge on any atom is -0.312 e. The quantitative estimate of drug-likeness (QED) is 0.785. The van der Waals surface area contributed by atoms with Crippen molar-refractivity contribution in [2.45, 2.75) is 39.2 Å². The maximum atomic E-state index is 3.57. The topological polar surface area (TPSA) is 12.0 Å². The van der Waals surface area contributed by atoms with Crippen LogP contribution >= 0.6 is 11.3 Å². The van der Waals surface area contributed by atoms with Crippen LogP contribution in [0.15, 0.2) is 11.4 Å². The van der Waals surface area contributed by atoms with Crippen LogP contribution in [0.3, 0.4) is 0 Å². The van der Waals surface area contributed by atoms with E-state index in [1.54, 1.807) is 0 Å². The van der Waals surface area contributed by atoms with Crippen molar-refractivity contribution in [3.05, 3.63) is 21.9 Å². The van der Waals surface area contributed by atoms with Gasteiger partial charge < -0.3 is 5.32 Å². The van der Waals surface area contributed by atoms with Crippen LogP contribution in [0.4, 0.5) is 0 Å². The fraction of sp³-hybridized carbons (Fsp3) is 0.667. The van der Waals surface area contributed by atoms with Gasteiger partial charge in [0.05, 0.1) is 0 Å². The molecule has 0 bridgehead atoms. The summed E-state index contributed by atoms with van der Waals surface area (Å²) in [5.74, 6) is 0.972. The average Bonchev–Trinajstić information content (AvgIpc) is 2.56. The second kappa shape index (κ2) is 4.94. The van der Waals surface area contributed by atoms with E-state index in [2.05, 4.69) is 23.7 Å². The summed E-state index contributed by atoms with van der Waals surface area (Å²) < 4.78 is 0. The highest BCUT2D eigenvalue weighted by atomic mass is 32.1. The zero-order chi connectivity index (χ0) is 9.80. The fourth-order valence-corrected chi connectivity index (χ4v) is 2.87. The monoisotopic (exact) mass is 209 g/mol. The molecular formula is C12H19NS. The first kappa shape index (κ1) is 10.2. The number of rotatable bonds is 5. The molecule has 1 nitrogen and oxygen atoms in total. The number of nitrogens with one attached hydrogen (secondary N) is 1. The Morgan fingerprint density at radius 3 is 3.00 bits per heavy atom. The van der Waals surface area contributed by atoms with Crippen LogP contribution in [0.2, 0.25) is 0 Å². The minimum atomic E-state index is 0.972. The van der Waals surface area contributed by atoms with Crippen molar-refractivity contribution in [3.8, 4) is 0 Å². The Hall–Kier alpha value is -0.340. The third kappa shape index (κ3) is 2.37. The van der Waals surface area contributed by atoms with Crippen LogP contribution in [-0.2, 0) is 13.0 Å². The SMILES string of the molecule is CCc1ccsc1CNCC1CCC1. The lowest BCUT2D eigenvalue weighted by Gasteiger charge is -2.25. The summed E-state index contributed by atoms with van der Waals surface area (Å²) in [5, 5.41) is 5.78. The van der Waals surface area contributed by atoms with Crippen LogP contribution in [0.25, 0.3) is 0 Å². The minimum absolute atomic E-state index is 0.972. The van der Waals surface area contributed by atoms with Gasteiger partial charge in [-0.05, 0) is 48.7 Å². The fourth-order valence-electron chi connectivity index (χ4n) is 1.92. The number of aryl methyl sites for hydroxylation is 1. The molecule has 1 aromatic rings. The molecule has 1 aliphatic carbocycles. The zero-order valence-electron chi connectivity index (χ0n) is 8.88. The Bertz CT molecular complexity index is 276. The molecule has 0 aliphatic heterocycles. The summed E-state index contributed by atoms with van der Waals surface area (Å²) in [7, 11) is 0. The molecule has 2 heteroatoms. The molecule has 78 valence electrons. The van der Waals surface area contributed by atoms with E-state index in [1.165, 1.54) is 42.7 Å². The molecule has 14 heavy (non-hydrogen) atoms. The molecule has 0 unspecified atom stereocenters. The van der Waals surface area contributed by atoms with E-state index in [0.717, 1.165) is 12.5 Å². The molecule has 2 rings (SSSR count). The summed E-state index contributed by atoms with van der Waals surface area (Å²) >= 11 is 1.89. The van der Waals surface area contributed by atoms with Crippen molar-refractivity contribution in [2.24, 2.45) is 5.92 Å². The predicted molar refractivity (Wildman–Crippen MR) is 62.7 cm³/mol. The highest BCUT2D eigenvalue weighted by molar-refractivity contribution is 7.10. The van der Waals surface area contributed by atoms with Gasteiger partial charge in [-0.3, -0.25) is 0 Å². The molecule has 0 spiro atoms. The van der Waals surface area contributed by atoms with Crippen LogP contribution in [0.5, 0.6) is 0 Å². The van der Waals surface area contributed by atoms with Gasteiger partial charge in [0.15, 0.2) is 0 Å². The smallest absolute Gasteiger partial charge is 0.0302 e. The van der Waals surface area contributed by atoms with Crippen LogP contribution in [-0.4, -0.2) is 6.54 Å². The molecule has 0 aromatic carbocycles. The second-order valence-corrected chi connectivity index (χ2v) is 5.15. The van der Waals surface area contributed by atoms with E-state index in [9.17, 15) is 0 Å². The van der Waals surface area contributed by atoms with Crippen molar-refractivity contribution in [2.75, 3.05) is 6.54 Å². The maximum Gasteiger partial charge on any atom is 0.0302 e. The van der Waals surface area contributed by atoms with Crippen molar-refractivity contribution in [1.82, 2.24) is 5.32 Å². The summed E-state index contributed by atoms with van der Waals surface area (Å²) in [6.45, 7) is 4.54. The summed E-state index contributed by atoms with van der Waals surface area (Å²) in [5.41, 5.74) is 1.52. The Balaban J connectivity index is 1.73. The van der Waals surface area contributed by atoms with E-state index in [-0.39, 0.29) is 0 Å². The van der Waals surface area contributed by atoms with Crippen LogP contribution in [0, 0.1) is 5.92 Å². The number of hydrogen-bond acceptors (Lipinski definition) is 2. The van der Waals surface area contributed by atoms with Gasteiger partial charge in [0, 0.05) is 11.4 Å². The molecule has 1 N–H and O–H groups in total. The third-order valence-electron chi connectivity index (χ3n) is 3.16. The largest absolute Gasteiger partial charge is 0.312 e. The molecule has 0 radical (unpaired) electrons. The molecule has 0 atom stereocenters. The van der Waals surface area contributed by atoms with Gasteiger partial charge >= 0.3 is 0 Å². The van der Waals surface area contributed by atoms with E-state index in [0.29, 0.717) is 0 Å². The molecule has 0 saturated heterocycles. The number of hydrogen-bond donors (Lipinski definition) is 1. The second-order valence-electron chi connectivity index (χ2n) is 4.15. The Kier molecular flexibility index (Phi) is 3.60. The Morgan fingerprint density at radius 2 is 2.36 bits per heavy atom. The van der Waals surface area contributed by atoms with Gasteiger partial charge in [-0.2, -0.15) is 0 Å². The van der Waals surface area contributed by atoms with Gasteiger partial charge in [-0.1, -0.05) is 13.3 Å². The molecule has 0 amide bonds. The molecule has 1 aromatic heterocycles. The lowest BCUT2D eigenvalue weighted by molar-refractivity contribution is 0.301. The number of thiophene rings is 1.